The van der Waals surface area contributed by atoms with Crippen molar-refractivity contribution in [2.24, 2.45) is 11.3 Å². The number of aromatic nitrogens is 2. The van der Waals surface area contributed by atoms with Crippen molar-refractivity contribution in [3.8, 4) is 0 Å². The quantitative estimate of drug-likeness (QED) is 0.881. The van der Waals surface area contributed by atoms with Crippen molar-refractivity contribution in [1.29, 1.82) is 0 Å². The van der Waals surface area contributed by atoms with Crippen LogP contribution in [0, 0.1) is 11.3 Å². The summed E-state index contributed by atoms with van der Waals surface area (Å²) in [4.78, 5) is 8.87. The molecule has 0 aromatic carbocycles. The molecule has 0 aliphatic heterocycles. The third-order valence-corrected chi connectivity index (χ3v) is 5.01. The highest BCUT2D eigenvalue weighted by Gasteiger charge is 2.68. The first kappa shape index (κ1) is 11.9. The van der Waals surface area contributed by atoms with Gasteiger partial charge in [-0.05, 0) is 42.1 Å². The van der Waals surface area contributed by atoms with Gasteiger partial charge in [-0.2, -0.15) is 0 Å². The molecule has 0 radical (unpaired) electrons. The molecule has 3 fully saturated rings. The molecule has 3 saturated carbocycles. The normalized spacial score (nSPS) is 33.2. The van der Waals surface area contributed by atoms with Crippen molar-refractivity contribution in [2.75, 3.05) is 5.32 Å². The molecule has 3 heteroatoms. The van der Waals surface area contributed by atoms with Gasteiger partial charge < -0.3 is 5.32 Å². The highest BCUT2D eigenvalue weighted by molar-refractivity contribution is 5.39. The molecule has 3 aliphatic rings. The van der Waals surface area contributed by atoms with E-state index < -0.39 is 0 Å². The average molecular weight is 245 g/mol. The van der Waals surface area contributed by atoms with Crippen LogP contribution in [0.2, 0.25) is 0 Å². The number of nitrogens with zero attached hydrogens (tertiary/aromatic N) is 2. The molecule has 0 atom stereocenters. The zero-order chi connectivity index (χ0) is 13.0. The molecule has 2 bridgehead atoms. The summed E-state index contributed by atoms with van der Waals surface area (Å²) in [6.07, 6.45) is 7.79. The molecular weight excluding hydrogens is 222 g/mol. The van der Waals surface area contributed by atoms with Crippen LogP contribution in [0.25, 0.3) is 0 Å². The van der Waals surface area contributed by atoms with E-state index in [1.165, 1.54) is 24.8 Å². The zero-order valence-corrected chi connectivity index (χ0v) is 11.8. The van der Waals surface area contributed by atoms with E-state index in [1.54, 1.807) is 0 Å². The summed E-state index contributed by atoms with van der Waals surface area (Å²) in [6.45, 7) is 9.02. The minimum Gasteiger partial charge on any atom is -0.349 e. The van der Waals surface area contributed by atoms with E-state index in [0.717, 1.165) is 11.9 Å². The summed E-state index contributed by atoms with van der Waals surface area (Å²) >= 11 is 0. The Morgan fingerprint density at radius 1 is 1.06 bits per heavy atom. The molecule has 0 amide bonds. The predicted molar refractivity (Wildman–Crippen MR) is 73.6 cm³/mol. The van der Waals surface area contributed by atoms with Crippen LogP contribution in [0.5, 0.6) is 0 Å². The maximum absolute atomic E-state index is 4.44. The minimum atomic E-state index is 0.323. The summed E-state index contributed by atoms with van der Waals surface area (Å²) < 4.78 is 0. The van der Waals surface area contributed by atoms with E-state index in [2.05, 4.69) is 43.0 Å². The van der Waals surface area contributed by atoms with Crippen molar-refractivity contribution in [3.63, 3.8) is 0 Å². The molecule has 1 aromatic heterocycles. The number of hydrogen-bond acceptors (Lipinski definition) is 3. The molecule has 18 heavy (non-hydrogen) atoms. The van der Waals surface area contributed by atoms with Gasteiger partial charge in [0.15, 0.2) is 0 Å². The average Bonchev–Trinajstić information content (AvgIpc) is 2.21. The van der Waals surface area contributed by atoms with Crippen molar-refractivity contribution >= 4 is 5.95 Å². The fourth-order valence-electron chi connectivity index (χ4n) is 3.55. The highest BCUT2D eigenvalue weighted by Crippen LogP contribution is 2.71. The van der Waals surface area contributed by atoms with Crippen LogP contribution in [-0.2, 0) is 0 Å². The van der Waals surface area contributed by atoms with Gasteiger partial charge in [0.25, 0.3) is 0 Å². The molecule has 98 valence electrons. The van der Waals surface area contributed by atoms with Crippen LogP contribution in [0.15, 0.2) is 12.4 Å². The molecule has 1 aromatic rings. The standard InChI is InChI=1S/C15H23N3/c1-10(2)12-5-16-13(17-6-12)18-15-7-14(8-15,9-15)11(3)4/h5-6,10-11H,7-9H2,1-4H3,(H,16,17,18). The third kappa shape index (κ3) is 1.63. The van der Waals surface area contributed by atoms with Gasteiger partial charge in [0.1, 0.15) is 0 Å². The molecule has 3 nitrogen and oxygen atoms in total. The third-order valence-electron chi connectivity index (χ3n) is 5.01. The Labute approximate surface area is 109 Å². The zero-order valence-electron chi connectivity index (χ0n) is 11.8. The second-order valence-corrected chi connectivity index (χ2v) is 6.95. The molecule has 0 unspecified atom stereocenters. The minimum absolute atomic E-state index is 0.323. The van der Waals surface area contributed by atoms with Crippen LogP contribution >= 0.6 is 0 Å². The second kappa shape index (κ2) is 3.69. The fraction of sp³-hybridized carbons (Fsp3) is 0.733. The first-order chi connectivity index (χ1) is 8.45. The van der Waals surface area contributed by atoms with E-state index in [-0.39, 0.29) is 0 Å². The van der Waals surface area contributed by atoms with E-state index in [1.807, 2.05) is 12.4 Å². The van der Waals surface area contributed by atoms with Crippen molar-refractivity contribution < 1.29 is 0 Å². The van der Waals surface area contributed by atoms with Gasteiger partial charge in [0, 0.05) is 17.9 Å². The summed E-state index contributed by atoms with van der Waals surface area (Å²) in [5.74, 6) is 2.11. The Bertz CT molecular complexity index is 428. The van der Waals surface area contributed by atoms with Gasteiger partial charge >= 0.3 is 0 Å². The first-order valence-electron chi connectivity index (χ1n) is 7.05. The lowest BCUT2D eigenvalue weighted by Gasteiger charge is -2.72. The molecular formula is C15H23N3. The van der Waals surface area contributed by atoms with Crippen LogP contribution in [-0.4, -0.2) is 15.5 Å². The number of hydrogen-bond donors (Lipinski definition) is 1. The Morgan fingerprint density at radius 3 is 2.06 bits per heavy atom. The van der Waals surface area contributed by atoms with Crippen LogP contribution in [0.4, 0.5) is 5.95 Å². The Hall–Kier alpha value is -1.12. The van der Waals surface area contributed by atoms with Crippen molar-refractivity contribution in [1.82, 2.24) is 9.97 Å². The number of nitrogens with one attached hydrogen (secondary N) is 1. The summed E-state index contributed by atoms with van der Waals surface area (Å²) in [5.41, 5.74) is 2.16. The molecule has 0 saturated heterocycles. The molecule has 1 N–H and O–H groups in total. The lowest BCUT2D eigenvalue weighted by molar-refractivity contribution is -0.150. The van der Waals surface area contributed by atoms with Crippen molar-refractivity contribution in [3.05, 3.63) is 18.0 Å². The van der Waals surface area contributed by atoms with Gasteiger partial charge in [-0.15, -0.1) is 0 Å². The Balaban J connectivity index is 1.63. The van der Waals surface area contributed by atoms with E-state index >= 15 is 0 Å². The maximum Gasteiger partial charge on any atom is 0.223 e. The van der Waals surface area contributed by atoms with Gasteiger partial charge in [-0.1, -0.05) is 27.7 Å². The van der Waals surface area contributed by atoms with Gasteiger partial charge in [-0.3, -0.25) is 0 Å². The topological polar surface area (TPSA) is 37.8 Å². The largest absolute Gasteiger partial charge is 0.349 e. The molecule has 4 rings (SSSR count). The van der Waals surface area contributed by atoms with Crippen molar-refractivity contribution in [2.45, 2.75) is 58.4 Å². The number of anilines is 1. The highest BCUT2D eigenvalue weighted by atomic mass is 15.2. The van der Waals surface area contributed by atoms with E-state index in [4.69, 9.17) is 0 Å². The second-order valence-electron chi connectivity index (χ2n) is 6.95. The molecule has 1 heterocycles. The van der Waals surface area contributed by atoms with Gasteiger partial charge in [-0.25, -0.2) is 9.97 Å². The smallest absolute Gasteiger partial charge is 0.223 e. The Kier molecular flexibility index (Phi) is 2.45. The van der Waals surface area contributed by atoms with E-state index in [0.29, 0.717) is 16.9 Å². The molecule has 3 aliphatic carbocycles. The van der Waals surface area contributed by atoms with Crippen LogP contribution < -0.4 is 5.32 Å². The molecule has 0 spiro atoms. The lowest BCUT2D eigenvalue weighted by atomic mass is 9.36. The van der Waals surface area contributed by atoms with Crippen LogP contribution in [0.1, 0.15) is 58.4 Å². The number of rotatable bonds is 4. The van der Waals surface area contributed by atoms with E-state index in [9.17, 15) is 0 Å². The van der Waals surface area contributed by atoms with Gasteiger partial charge in [0.05, 0.1) is 0 Å². The van der Waals surface area contributed by atoms with Crippen LogP contribution in [0.3, 0.4) is 0 Å². The first-order valence-corrected chi connectivity index (χ1v) is 7.05. The Morgan fingerprint density at radius 2 is 1.61 bits per heavy atom. The maximum atomic E-state index is 4.44. The predicted octanol–water partition coefficient (Wildman–Crippen LogP) is 3.59. The summed E-state index contributed by atoms with van der Waals surface area (Å²) in [7, 11) is 0. The fourth-order valence-corrected chi connectivity index (χ4v) is 3.55. The summed E-state index contributed by atoms with van der Waals surface area (Å²) in [6, 6.07) is 0. The summed E-state index contributed by atoms with van der Waals surface area (Å²) in [5, 5.41) is 3.54. The van der Waals surface area contributed by atoms with Gasteiger partial charge in [0.2, 0.25) is 5.95 Å². The monoisotopic (exact) mass is 245 g/mol. The lowest BCUT2D eigenvalue weighted by Crippen LogP contribution is -2.72. The SMILES string of the molecule is CC(C)c1cnc(NC23CC(C(C)C)(C2)C3)nc1.